The van der Waals surface area contributed by atoms with Gasteiger partial charge in [0.2, 0.25) is 5.91 Å². The van der Waals surface area contributed by atoms with E-state index in [-0.39, 0.29) is 11.8 Å². The summed E-state index contributed by atoms with van der Waals surface area (Å²) in [6.45, 7) is 1.85. The quantitative estimate of drug-likeness (QED) is 0.442. The van der Waals surface area contributed by atoms with Gasteiger partial charge in [-0.05, 0) is 13.3 Å². The Labute approximate surface area is 173 Å². The molecule has 1 heterocycles. The SMILES string of the molecule is CC1=C(CC[B]C2CCCCCCCCCCCCCCC2)CC(=O)NC1=O. The Balaban J connectivity index is 1.75. The Morgan fingerprint density at radius 2 is 1.25 bits per heavy atom. The molecule has 2 aliphatic rings. The fourth-order valence-corrected chi connectivity index (χ4v) is 4.66. The van der Waals surface area contributed by atoms with Gasteiger partial charge in [0, 0.05) is 12.0 Å². The molecule has 0 aromatic heterocycles. The predicted molar refractivity (Wildman–Crippen MR) is 119 cm³/mol. The highest BCUT2D eigenvalue weighted by atomic mass is 16.2. The van der Waals surface area contributed by atoms with E-state index in [0.717, 1.165) is 23.9 Å². The van der Waals surface area contributed by atoms with Crippen molar-refractivity contribution in [3.8, 4) is 0 Å². The van der Waals surface area contributed by atoms with E-state index < -0.39 is 0 Å². The summed E-state index contributed by atoms with van der Waals surface area (Å²) in [4.78, 5) is 23.4. The highest BCUT2D eigenvalue weighted by molar-refractivity contribution is 6.37. The molecule has 1 aliphatic heterocycles. The molecule has 0 bridgehead atoms. The molecular formula is C24H41BNO2. The van der Waals surface area contributed by atoms with E-state index >= 15 is 0 Å². The molecule has 2 amide bonds. The molecule has 1 radical (unpaired) electrons. The molecule has 157 valence electrons. The van der Waals surface area contributed by atoms with E-state index in [1.165, 1.54) is 96.3 Å². The first-order valence-electron chi connectivity index (χ1n) is 12.0. The summed E-state index contributed by atoms with van der Waals surface area (Å²) in [5, 5.41) is 2.41. The van der Waals surface area contributed by atoms with Gasteiger partial charge in [0.25, 0.3) is 5.91 Å². The second-order valence-corrected chi connectivity index (χ2v) is 8.99. The Kier molecular flexibility index (Phi) is 11.6. The normalized spacial score (nSPS) is 22.8. The van der Waals surface area contributed by atoms with E-state index in [9.17, 15) is 9.59 Å². The van der Waals surface area contributed by atoms with Crippen molar-refractivity contribution in [1.29, 1.82) is 0 Å². The van der Waals surface area contributed by atoms with Crippen molar-refractivity contribution in [3.05, 3.63) is 11.1 Å². The van der Waals surface area contributed by atoms with Gasteiger partial charge in [0.05, 0.1) is 0 Å². The van der Waals surface area contributed by atoms with E-state index in [4.69, 9.17) is 0 Å². The average Bonchev–Trinajstić information content (AvgIpc) is 2.66. The van der Waals surface area contributed by atoms with E-state index in [2.05, 4.69) is 12.6 Å². The molecule has 0 saturated heterocycles. The van der Waals surface area contributed by atoms with Crippen LogP contribution in [-0.2, 0) is 9.59 Å². The monoisotopic (exact) mass is 386 g/mol. The molecule has 0 unspecified atom stereocenters. The maximum atomic E-state index is 11.8. The molecule has 1 N–H and O–H groups in total. The Hall–Kier alpha value is -1.06. The third-order valence-electron chi connectivity index (χ3n) is 6.59. The van der Waals surface area contributed by atoms with Crippen LogP contribution in [0.25, 0.3) is 0 Å². The lowest BCUT2D eigenvalue weighted by atomic mass is 9.57. The number of carbonyl (C=O) groups excluding carboxylic acids is 2. The highest BCUT2D eigenvalue weighted by Gasteiger charge is 2.22. The van der Waals surface area contributed by atoms with Crippen molar-refractivity contribution in [1.82, 2.24) is 5.32 Å². The van der Waals surface area contributed by atoms with Gasteiger partial charge in [0.1, 0.15) is 7.28 Å². The smallest absolute Gasteiger partial charge is 0.253 e. The largest absolute Gasteiger partial charge is 0.292 e. The summed E-state index contributed by atoms with van der Waals surface area (Å²) in [7, 11) is 2.50. The minimum Gasteiger partial charge on any atom is -0.292 e. The summed E-state index contributed by atoms with van der Waals surface area (Å²) in [6, 6.07) is 0. The van der Waals surface area contributed by atoms with Crippen molar-refractivity contribution in [2.24, 2.45) is 0 Å². The molecule has 1 fully saturated rings. The topological polar surface area (TPSA) is 46.2 Å². The minimum atomic E-state index is -0.198. The Bertz CT molecular complexity index is 499. The second kappa shape index (κ2) is 14.0. The third kappa shape index (κ3) is 9.43. The molecule has 1 saturated carbocycles. The fraction of sp³-hybridized carbons (Fsp3) is 0.833. The van der Waals surface area contributed by atoms with Gasteiger partial charge < -0.3 is 0 Å². The molecule has 2 rings (SSSR count). The number of carbonyl (C=O) groups is 2. The van der Waals surface area contributed by atoms with Crippen LogP contribution in [0.4, 0.5) is 0 Å². The van der Waals surface area contributed by atoms with E-state index in [1.54, 1.807) is 0 Å². The molecule has 3 nitrogen and oxygen atoms in total. The number of rotatable bonds is 4. The fourth-order valence-electron chi connectivity index (χ4n) is 4.66. The molecule has 0 aromatic carbocycles. The number of amides is 2. The van der Waals surface area contributed by atoms with Crippen LogP contribution in [0.3, 0.4) is 0 Å². The number of imide groups is 1. The zero-order valence-corrected chi connectivity index (χ0v) is 18.2. The average molecular weight is 386 g/mol. The van der Waals surface area contributed by atoms with Crippen molar-refractivity contribution in [2.45, 2.75) is 128 Å². The Morgan fingerprint density at radius 3 is 1.75 bits per heavy atom. The summed E-state index contributed by atoms with van der Waals surface area (Å²) in [5.41, 5.74) is 1.80. The summed E-state index contributed by atoms with van der Waals surface area (Å²) < 4.78 is 0. The maximum absolute atomic E-state index is 11.8. The van der Waals surface area contributed by atoms with Crippen LogP contribution >= 0.6 is 0 Å². The number of nitrogens with one attached hydrogen (secondary N) is 1. The zero-order valence-electron chi connectivity index (χ0n) is 18.2. The first kappa shape index (κ1) is 23.2. The van der Waals surface area contributed by atoms with Crippen LogP contribution in [0.1, 0.15) is 116 Å². The lowest BCUT2D eigenvalue weighted by Crippen LogP contribution is -2.35. The predicted octanol–water partition coefficient (Wildman–Crippen LogP) is 6.52. The molecule has 0 atom stereocenters. The van der Waals surface area contributed by atoms with Crippen molar-refractivity contribution >= 4 is 19.1 Å². The molecule has 0 spiro atoms. The van der Waals surface area contributed by atoms with Crippen molar-refractivity contribution < 1.29 is 9.59 Å². The lowest BCUT2D eigenvalue weighted by Gasteiger charge is -2.19. The molecule has 28 heavy (non-hydrogen) atoms. The van der Waals surface area contributed by atoms with Crippen molar-refractivity contribution in [3.63, 3.8) is 0 Å². The van der Waals surface area contributed by atoms with Gasteiger partial charge in [-0.25, -0.2) is 0 Å². The number of hydrogen-bond donors (Lipinski definition) is 1. The van der Waals surface area contributed by atoms with Crippen molar-refractivity contribution in [2.75, 3.05) is 0 Å². The molecule has 4 heteroatoms. The standard InChI is InChI=1S/C24H41BNO2/c1-20-21(19-23(27)26-24(20)28)17-18-25-22-15-13-11-9-7-5-3-2-4-6-8-10-12-14-16-22/h22H,2-19H2,1H3,(H,26,27,28). The number of hydrogen-bond acceptors (Lipinski definition) is 2. The van der Waals surface area contributed by atoms with Crippen LogP contribution in [0.2, 0.25) is 12.1 Å². The third-order valence-corrected chi connectivity index (χ3v) is 6.59. The zero-order chi connectivity index (χ0) is 20.0. The van der Waals surface area contributed by atoms with E-state index in [0.29, 0.717) is 12.2 Å². The first-order chi connectivity index (χ1) is 13.7. The van der Waals surface area contributed by atoms with Gasteiger partial charge in [-0.1, -0.05) is 114 Å². The van der Waals surface area contributed by atoms with Crippen LogP contribution in [0, 0.1) is 0 Å². The van der Waals surface area contributed by atoms with Gasteiger partial charge in [-0.3, -0.25) is 14.9 Å². The molecular weight excluding hydrogens is 345 g/mol. The second-order valence-electron chi connectivity index (χ2n) is 8.99. The van der Waals surface area contributed by atoms with Crippen LogP contribution in [0.5, 0.6) is 0 Å². The van der Waals surface area contributed by atoms with Crippen LogP contribution < -0.4 is 5.32 Å². The summed E-state index contributed by atoms with van der Waals surface area (Å²) in [5.74, 6) is 0.369. The van der Waals surface area contributed by atoms with Gasteiger partial charge in [-0.2, -0.15) is 0 Å². The molecule has 1 aliphatic carbocycles. The first-order valence-corrected chi connectivity index (χ1v) is 12.0. The van der Waals surface area contributed by atoms with Gasteiger partial charge in [-0.15, -0.1) is 0 Å². The van der Waals surface area contributed by atoms with Crippen LogP contribution in [0.15, 0.2) is 11.1 Å². The minimum absolute atomic E-state index is 0.143. The summed E-state index contributed by atoms with van der Waals surface area (Å²) >= 11 is 0. The lowest BCUT2D eigenvalue weighted by molar-refractivity contribution is -0.129. The van der Waals surface area contributed by atoms with E-state index in [1.807, 2.05) is 6.92 Å². The van der Waals surface area contributed by atoms with Gasteiger partial charge >= 0.3 is 0 Å². The maximum Gasteiger partial charge on any atom is 0.253 e. The van der Waals surface area contributed by atoms with Gasteiger partial charge in [0.15, 0.2) is 0 Å². The Morgan fingerprint density at radius 1 is 0.786 bits per heavy atom. The summed E-state index contributed by atoms with van der Waals surface area (Å²) in [6.07, 6.45) is 23.2. The molecule has 0 aromatic rings. The highest BCUT2D eigenvalue weighted by Crippen LogP contribution is 2.27. The van der Waals surface area contributed by atoms with Crippen LogP contribution in [-0.4, -0.2) is 19.1 Å².